The lowest BCUT2D eigenvalue weighted by Crippen LogP contribution is -2.60. The number of nitrogens with zero attached hydrogens (tertiary/aromatic N) is 3. The molecule has 158 valence electrons. The summed E-state index contributed by atoms with van der Waals surface area (Å²) in [5, 5.41) is 0. The number of fused-ring (bicyclic) bond motifs is 4. The molecule has 0 radical (unpaired) electrons. The fourth-order valence-corrected chi connectivity index (χ4v) is 5.92. The van der Waals surface area contributed by atoms with Crippen molar-refractivity contribution in [1.29, 1.82) is 0 Å². The molecule has 1 amide bonds. The van der Waals surface area contributed by atoms with Gasteiger partial charge >= 0.3 is 0 Å². The van der Waals surface area contributed by atoms with Crippen molar-refractivity contribution in [2.45, 2.75) is 37.8 Å². The summed E-state index contributed by atoms with van der Waals surface area (Å²) in [6, 6.07) is 13.1. The van der Waals surface area contributed by atoms with Gasteiger partial charge in [-0.15, -0.1) is 0 Å². The summed E-state index contributed by atoms with van der Waals surface area (Å²) >= 11 is 0. The van der Waals surface area contributed by atoms with Crippen molar-refractivity contribution >= 4 is 11.7 Å². The Hall–Kier alpha value is -2.60. The first kappa shape index (κ1) is 19.4. The summed E-state index contributed by atoms with van der Waals surface area (Å²) in [5.74, 6) is 2.48. The zero-order valence-electron chi connectivity index (χ0n) is 17.5. The Morgan fingerprint density at radius 2 is 1.97 bits per heavy atom. The molecule has 5 rings (SSSR count). The molecule has 0 spiro atoms. The van der Waals surface area contributed by atoms with Crippen LogP contribution in [0.1, 0.15) is 47.6 Å². The monoisotopic (exact) mass is 406 g/mol. The maximum atomic E-state index is 13.1. The minimum Gasteiger partial charge on any atom is -0.497 e. The highest BCUT2D eigenvalue weighted by Crippen LogP contribution is 2.44. The van der Waals surface area contributed by atoms with Crippen LogP contribution in [0.25, 0.3) is 0 Å². The molecular formula is C24H30N4O2. The quantitative estimate of drug-likeness (QED) is 0.846. The molecule has 0 unspecified atom stereocenters. The molecule has 4 atom stereocenters. The third-order valence-corrected chi connectivity index (χ3v) is 7.20. The van der Waals surface area contributed by atoms with Crippen LogP contribution in [0.3, 0.4) is 0 Å². The summed E-state index contributed by atoms with van der Waals surface area (Å²) < 4.78 is 5.34. The molecule has 1 aromatic carbocycles. The number of aromatic nitrogens is 1. The predicted octanol–water partition coefficient (Wildman–Crippen LogP) is 3.36. The molecule has 1 aromatic heterocycles. The molecule has 0 aliphatic carbocycles. The zero-order valence-corrected chi connectivity index (χ0v) is 17.5. The van der Waals surface area contributed by atoms with Gasteiger partial charge in [-0.3, -0.25) is 9.69 Å². The molecular weight excluding hydrogens is 376 g/mol. The maximum Gasteiger partial charge on any atom is 0.254 e. The molecule has 3 aliphatic rings. The molecule has 3 fully saturated rings. The third-order valence-electron chi connectivity index (χ3n) is 7.20. The van der Waals surface area contributed by atoms with E-state index in [1.807, 2.05) is 0 Å². The van der Waals surface area contributed by atoms with E-state index in [4.69, 9.17) is 10.5 Å². The summed E-state index contributed by atoms with van der Waals surface area (Å²) in [4.78, 5) is 21.9. The summed E-state index contributed by atoms with van der Waals surface area (Å²) in [7, 11) is 1.71. The fraction of sp³-hybridized carbons (Fsp3) is 0.500. The lowest BCUT2D eigenvalue weighted by molar-refractivity contribution is -0.0511. The van der Waals surface area contributed by atoms with Crippen LogP contribution in [0.4, 0.5) is 5.82 Å². The van der Waals surface area contributed by atoms with Gasteiger partial charge in [-0.2, -0.15) is 0 Å². The topological polar surface area (TPSA) is 71.7 Å². The number of nitrogen functional groups attached to an aromatic ring is 1. The number of carbonyl (C=O) groups is 1. The van der Waals surface area contributed by atoms with Gasteiger partial charge in [0.05, 0.1) is 7.11 Å². The Balaban J connectivity index is 1.34. The Kier molecular flexibility index (Phi) is 5.11. The number of methoxy groups -OCH3 is 1. The van der Waals surface area contributed by atoms with Crippen LogP contribution in [-0.4, -0.2) is 53.5 Å². The normalized spacial score (nSPS) is 28.6. The standard InChI is InChI=1S/C24H30N4O2/c1-30-20-7-5-17(6-8-20)21-3-2-4-22-19-11-16(14-28(21)22)13-27(15-19)24(29)18-9-10-26-23(25)12-18/h5-10,12,16,19,21-22H,2-4,11,13-15H2,1H3,(H2,25,26)/t16-,19+,21+,22-/m0/s1. The summed E-state index contributed by atoms with van der Waals surface area (Å²) in [6.45, 7) is 2.74. The molecule has 6 nitrogen and oxygen atoms in total. The number of amides is 1. The first-order chi connectivity index (χ1) is 14.6. The van der Waals surface area contributed by atoms with E-state index in [0.29, 0.717) is 35.3 Å². The van der Waals surface area contributed by atoms with E-state index in [9.17, 15) is 4.79 Å². The van der Waals surface area contributed by atoms with E-state index >= 15 is 0 Å². The number of ether oxygens (including phenoxy) is 1. The molecule has 4 heterocycles. The minimum absolute atomic E-state index is 0.0924. The van der Waals surface area contributed by atoms with Crippen molar-refractivity contribution in [3.63, 3.8) is 0 Å². The molecule has 2 N–H and O–H groups in total. The number of nitrogens with two attached hydrogens (primary N) is 1. The lowest BCUT2D eigenvalue weighted by atomic mass is 9.74. The van der Waals surface area contributed by atoms with Gasteiger partial charge in [0.25, 0.3) is 5.91 Å². The lowest BCUT2D eigenvalue weighted by Gasteiger charge is -2.55. The number of piperidine rings is 3. The molecule has 30 heavy (non-hydrogen) atoms. The van der Waals surface area contributed by atoms with Gasteiger partial charge in [0.1, 0.15) is 11.6 Å². The molecule has 6 heteroatoms. The van der Waals surface area contributed by atoms with E-state index < -0.39 is 0 Å². The van der Waals surface area contributed by atoms with Gasteiger partial charge in [0, 0.05) is 43.5 Å². The van der Waals surface area contributed by atoms with Crippen molar-refractivity contribution in [2.24, 2.45) is 11.8 Å². The van der Waals surface area contributed by atoms with Crippen molar-refractivity contribution in [3.8, 4) is 5.75 Å². The van der Waals surface area contributed by atoms with E-state index in [1.165, 1.54) is 31.2 Å². The van der Waals surface area contributed by atoms with Crippen molar-refractivity contribution < 1.29 is 9.53 Å². The SMILES string of the molecule is COc1ccc([C@H]2CCC[C@H]3[C@@H]4C[C@@H](CN(C(=O)c5ccnc(N)c5)C4)CN23)cc1. The number of pyridine rings is 1. The second-order valence-corrected chi connectivity index (χ2v) is 9.03. The van der Waals surface area contributed by atoms with Gasteiger partial charge in [0.15, 0.2) is 0 Å². The van der Waals surface area contributed by atoms with Crippen LogP contribution in [0.5, 0.6) is 5.75 Å². The second-order valence-electron chi connectivity index (χ2n) is 9.03. The fourth-order valence-electron chi connectivity index (χ4n) is 5.92. The van der Waals surface area contributed by atoms with E-state index in [2.05, 4.69) is 39.0 Å². The van der Waals surface area contributed by atoms with Crippen LogP contribution in [0.2, 0.25) is 0 Å². The minimum atomic E-state index is 0.0924. The van der Waals surface area contributed by atoms with E-state index in [-0.39, 0.29) is 5.91 Å². The van der Waals surface area contributed by atoms with E-state index in [0.717, 1.165) is 25.4 Å². The van der Waals surface area contributed by atoms with Gasteiger partial charge in [-0.25, -0.2) is 4.98 Å². The number of likely N-dealkylation sites (tertiary alicyclic amines) is 1. The maximum absolute atomic E-state index is 13.1. The Morgan fingerprint density at radius 3 is 2.73 bits per heavy atom. The third kappa shape index (κ3) is 3.54. The van der Waals surface area contributed by atoms with Gasteiger partial charge in [-0.1, -0.05) is 12.1 Å². The summed E-state index contributed by atoms with van der Waals surface area (Å²) in [6.07, 6.45) is 6.54. The van der Waals surface area contributed by atoms with Crippen molar-refractivity contribution in [1.82, 2.24) is 14.8 Å². The average molecular weight is 407 g/mol. The van der Waals surface area contributed by atoms with E-state index in [1.54, 1.807) is 25.4 Å². The molecule has 3 saturated heterocycles. The van der Waals surface area contributed by atoms with Crippen LogP contribution in [0.15, 0.2) is 42.6 Å². The zero-order chi connectivity index (χ0) is 20.7. The van der Waals surface area contributed by atoms with Crippen molar-refractivity contribution in [2.75, 3.05) is 32.5 Å². The molecule has 2 bridgehead atoms. The molecule has 3 aliphatic heterocycles. The second kappa shape index (κ2) is 7.91. The number of carbonyl (C=O) groups excluding carboxylic acids is 1. The highest BCUT2D eigenvalue weighted by Gasteiger charge is 2.45. The highest BCUT2D eigenvalue weighted by atomic mass is 16.5. The first-order valence-corrected chi connectivity index (χ1v) is 11.0. The highest BCUT2D eigenvalue weighted by molar-refractivity contribution is 5.94. The smallest absolute Gasteiger partial charge is 0.254 e. The molecule has 2 aromatic rings. The van der Waals surface area contributed by atoms with Crippen LogP contribution >= 0.6 is 0 Å². The average Bonchev–Trinajstić information content (AvgIpc) is 2.78. The van der Waals surface area contributed by atoms with Gasteiger partial charge in [-0.05, 0) is 67.3 Å². The van der Waals surface area contributed by atoms with Gasteiger partial charge < -0.3 is 15.4 Å². The number of rotatable bonds is 3. The summed E-state index contributed by atoms with van der Waals surface area (Å²) in [5.41, 5.74) is 7.84. The Morgan fingerprint density at radius 1 is 1.13 bits per heavy atom. The number of hydrogen-bond acceptors (Lipinski definition) is 5. The van der Waals surface area contributed by atoms with Crippen LogP contribution < -0.4 is 10.5 Å². The van der Waals surface area contributed by atoms with Crippen LogP contribution in [0, 0.1) is 11.8 Å². The predicted molar refractivity (Wildman–Crippen MR) is 116 cm³/mol. The molecule has 0 saturated carbocycles. The number of anilines is 1. The largest absolute Gasteiger partial charge is 0.497 e. The van der Waals surface area contributed by atoms with Crippen molar-refractivity contribution in [3.05, 3.63) is 53.7 Å². The number of benzene rings is 1. The number of hydrogen-bond donors (Lipinski definition) is 1. The first-order valence-electron chi connectivity index (χ1n) is 11.0. The van der Waals surface area contributed by atoms with Crippen LogP contribution in [-0.2, 0) is 0 Å². The Labute approximate surface area is 178 Å². The Bertz CT molecular complexity index is 916. The van der Waals surface area contributed by atoms with Gasteiger partial charge in [0.2, 0.25) is 0 Å².